The summed E-state index contributed by atoms with van der Waals surface area (Å²) in [7, 11) is 0. The summed E-state index contributed by atoms with van der Waals surface area (Å²) in [6.45, 7) is 0. The van der Waals surface area contributed by atoms with Crippen LogP contribution < -0.4 is 0 Å². The van der Waals surface area contributed by atoms with Crippen LogP contribution in [0.5, 0.6) is 0 Å². The monoisotopic (exact) mass is 318 g/mol. The number of H-pyrrole nitrogens is 2. The van der Waals surface area contributed by atoms with Gasteiger partial charge in [-0.25, -0.2) is 10.2 Å². The summed E-state index contributed by atoms with van der Waals surface area (Å²) in [4.78, 5) is 12.5. The van der Waals surface area contributed by atoms with Gasteiger partial charge in [-0.3, -0.25) is 4.79 Å². The van der Waals surface area contributed by atoms with Crippen LogP contribution in [0.1, 0.15) is 15.9 Å². The summed E-state index contributed by atoms with van der Waals surface area (Å²) in [6.07, 6.45) is 0. The van der Waals surface area contributed by atoms with Gasteiger partial charge < -0.3 is 0 Å². The molecule has 2 N–H and O–H groups in total. The first-order valence-corrected chi connectivity index (χ1v) is 7.04. The third kappa shape index (κ3) is 2.54. The van der Waals surface area contributed by atoms with Crippen LogP contribution in [0.3, 0.4) is 0 Å². The lowest BCUT2D eigenvalue weighted by molar-refractivity contribution is 0.103. The lowest BCUT2D eigenvalue weighted by atomic mass is 10.0. The summed E-state index contributed by atoms with van der Waals surface area (Å²) in [5.41, 5.74) is 2.79. The van der Waals surface area contributed by atoms with E-state index in [2.05, 4.69) is 41.2 Å². The minimum atomic E-state index is -0.0699. The number of nitrogens with zero attached hydrogens (tertiary/aromatic N) is 6. The van der Waals surface area contributed by atoms with Gasteiger partial charge in [0.15, 0.2) is 17.4 Å². The predicted molar refractivity (Wildman–Crippen MR) is 82.7 cm³/mol. The van der Waals surface area contributed by atoms with Crippen molar-refractivity contribution in [3.8, 4) is 22.8 Å². The maximum atomic E-state index is 12.5. The molecule has 2 aromatic carbocycles. The van der Waals surface area contributed by atoms with E-state index >= 15 is 0 Å². The zero-order chi connectivity index (χ0) is 16.4. The minimum Gasteiger partial charge on any atom is -0.289 e. The molecule has 0 radical (unpaired) electrons. The van der Waals surface area contributed by atoms with Gasteiger partial charge in [-0.1, -0.05) is 48.5 Å². The first kappa shape index (κ1) is 13.9. The molecule has 9 nitrogen and oxygen atoms in total. The van der Waals surface area contributed by atoms with Gasteiger partial charge in [0.1, 0.15) is 0 Å². The van der Waals surface area contributed by atoms with Gasteiger partial charge in [0, 0.05) is 22.3 Å². The topological polar surface area (TPSA) is 126 Å². The standard InChI is InChI=1S/C15H10N8O/c24-13(9-1-5-11(6-2-9)14-16-20-21-17-14)10-3-7-12(8-4-10)15-18-22-23-19-15/h1-8H,(H,16,17,20,21)(H,18,19,22,23). The zero-order valence-corrected chi connectivity index (χ0v) is 12.2. The van der Waals surface area contributed by atoms with E-state index in [0.29, 0.717) is 22.8 Å². The number of nitrogens with one attached hydrogen (secondary N) is 2. The molecule has 0 spiro atoms. The Kier molecular flexibility index (Phi) is 3.35. The lowest BCUT2D eigenvalue weighted by Gasteiger charge is -2.03. The van der Waals surface area contributed by atoms with Gasteiger partial charge in [0.05, 0.1) is 0 Å². The Bertz CT molecular complexity index is 864. The van der Waals surface area contributed by atoms with Gasteiger partial charge >= 0.3 is 0 Å². The van der Waals surface area contributed by atoms with Crippen LogP contribution in [-0.4, -0.2) is 47.0 Å². The van der Waals surface area contributed by atoms with Gasteiger partial charge in [0.25, 0.3) is 0 Å². The Morgan fingerprint density at radius 2 is 1.08 bits per heavy atom. The molecule has 4 rings (SSSR count). The number of aromatic amines is 2. The molecule has 9 heteroatoms. The fourth-order valence-electron chi connectivity index (χ4n) is 2.29. The summed E-state index contributed by atoms with van der Waals surface area (Å²) >= 11 is 0. The second kappa shape index (κ2) is 5.80. The maximum absolute atomic E-state index is 12.5. The molecule has 2 heterocycles. The highest BCUT2D eigenvalue weighted by molar-refractivity contribution is 6.09. The number of carbonyl (C=O) groups is 1. The summed E-state index contributed by atoms with van der Waals surface area (Å²) < 4.78 is 0. The van der Waals surface area contributed by atoms with E-state index in [1.807, 2.05) is 0 Å². The van der Waals surface area contributed by atoms with E-state index in [1.165, 1.54) is 0 Å². The van der Waals surface area contributed by atoms with Gasteiger partial charge in [0.2, 0.25) is 0 Å². The van der Waals surface area contributed by atoms with E-state index in [9.17, 15) is 4.79 Å². The van der Waals surface area contributed by atoms with Crippen LogP contribution in [0.25, 0.3) is 22.8 Å². The molecule has 0 aliphatic heterocycles. The summed E-state index contributed by atoms with van der Waals surface area (Å²) in [6, 6.07) is 14.2. The van der Waals surface area contributed by atoms with E-state index in [4.69, 9.17) is 0 Å². The van der Waals surface area contributed by atoms with Crippen molar-refractivity contribution < 1.29 is 4.79 Å². The van der Waals surface area contributed by atoms with Gasteiger partial charge in [-0.05, 0) is 20.9 Å². The van der Waals surface area contributed by atoms with Crippen molar-refractivity contribution in [2.24, 2.45) is 0 Å². The molecule has 0 aliphatic carbocycles. The van der Waals surface area contributed by atoms with Crippen molar-refractivity contribution in [2.75, 3.05) is 0 Å². The molecule has 0 unspecified atom stereocenters. The second-order valence-corrected chi connectivity index (χ2v) is 4.98. The molecular weight excluding hydrogens is 308 g/mol. The number of hydrogen-bond acceptors (Lipinski definition) is 7. The van der Waals surface area contributed by atoms with Gasteiger partial charge in [-0.2, -0.15) is 0 Å². The number of carbonyl (C=O) groups excluding carboxylic acids is 1. The lowest BCUT2D eigenvalue weighted by Crippen LogP contribution is -2.01. The summed E-state index contributed by atoms with van der Waals surface area (Å²) in [5.74, 6) is 1.04. The van der Waals surface area contributed by atoms with Crippen LogP contribution >= 0.6 is 0 Å². The molecule has 0 saturated carbocycles. The Morgan fingerprint density at radius 1 is 0.667 bits per heavy atom. The predicted octanol–water partition coefficient (Wildman–Crippen LogP) is 1.28. The molecule has 0 amide bonds. The van der Waals surface area contributed by atoms with Crippen molar-refractivity contribution in [3.63, 3.8) is 0 Å². The molecule has 0 aliphatic rings. The highest BCUT2D eigenvalue weighted by atomic mass is 16.1. The van der Waals surface area contributed by atoms with Crippen molar-refractivity contribution in [1.82, 2.24) is 41.2 Å². The molecule has 2 aromatic heterocycles. The number of aromatic nitrogens is 8. The SMILES string of the molecule is O=C(c1ccc(-c2nnn[nH]2)cc1)c1ccc(-c2nnn[nH]2)cc1. The highest BCUT2D eigenvalue weighted by Crippen LogP contribution is 2.19. The Hall–Kier alpha value is -3.75. The van der Waals surface area contributed by atoms with E-state index in [-0.39, 0.29) is 5.78 Å². The van der Waals surface area contributed by atoms with Crippen molar-refractivity contribution in [2.45, 2.75) is 0 Å². The fraction of sp³-hybridized carbons (Fsp3) is 0. The third-order valence-corrected chi connectivity index (χ3v) is 3.53. The first-order chi connectivity index (χ1) is 11.8. The molecular formula is C15H10N8O. The molecule has 0 fully saturated rings. The van der Waals surface area contributed by atoms with Crippen LogP contribution in [0.4, 0.5) is 0 Å². The second-order valence-electron chi connectivity index (χ2n) is 4.98. The average molecular weight is 318 g/mol. The molecule has 0 saturated heterocycles. The first-order valence-electron chi connectivity index (χ1n) is 7.04. The maximum Gasteiger partial charge on any atom is 0.193 e. The largest absolute Gasteiger partial charge is 0.289 e. The molecule has 4 aromatic rings. The molecule has 0 atom stereocenters. The number of ketones is 1. The summed E-state index contributed by atoms with van der Waals surface area (Å²) in [5, 5.41) is 27.1. The number of benzene rings is 2. The average Bonchev–Trinajstić information content (AvgIpc) is 3.35. The van der Waals surface area contributed by atoms with E-state index in [0.717, 1.165) is 11.1 Å². The van der Waals surface area contributed by atoms with Crippen LogP contribution in [0, 0.1) is 0 Å². The minimum absolute atomic E-state index is 0.0699. The van der Waals surface area contributed by atoms with E-state index < -0.39 is 0 Å². The van der Waals surface area contributed by atoms with Gasteiger partial charge in [-0.15, -0.1) is 10.2 Å². The van der Waals surface area contributed by atoms with Crippen LogP contribution in [0.15, 0.2) is 48.5 Å². The van der Waals surface area contributed by atoms with Crippen molar-refractivity contribution in [3.05, 3.63) is 59.7 Å². The number of hydrogen-bond donors (Lipinski definition) is 2. The fourth-order valence-corrected chi connectivity index (χ4v) is 2.29. The molecule has 0 bridgehead atoms. The molecule has 24 heavy (non-hydrogen) atoms. The van der Waals surface area contributed by atoms with Crippen molar-refractivity contribution >= 4 is 5.78 Å². The Labute approximate surface area is 135 Å². The normalized spacial score (nSPS) is 10.7. The number of rotatable bonds is 4. The Balaban J connectivity index is 1.57. The third-order valence-electron chi connectivity index (χ3n) is 3.53. The highest BCUT2D eigenvalue weighted by Gasteiger charge is 2.11. The number of tetrazole rings is 2. The van der Waals surface area contributed by atoms with Crippen LogP contribution in [0.2, 0.25) is 0 Å². The molecule has 116 valence electrons. The smallest absolute Gasteiger partial charge is 0.193 e. The van der Waals surface area contributed by atoms with E-state index in [1.54, 1.807) is 48.5 Å². The van der Waals surface area contributed by atoms with Crippen LogP contribution in [-0.2, 0) is 0 Å². The van der Waals surface area contributed by atoms with Crippen molar-refractivity contribution in [1.29, 1.82) is 0 Å². The Morgan fingerprint density at radius 3 is 1.42 bits per heavy atom. The zero-order valence-electron chi connectivity index (χ0n) is 12.2. The quantitative estimate of drug-likeness (QED) is 0.543.